The topological polar surface area (TPSA) is 196 Å². The molecule has 0 fully saturated rings. The second kappa shape index (κ2) is 31.9. The molecule has 0 bridgehead atoms. The number of aldehydes is 1. The summed E-state index contributed by atoms with van der Waals surface area (Å²) in [5, 5.41) is 17.7. The van der Waals surface area contributed by atoms with Crippen LogP contribution in [0, 0.1) is 11.3 Å². The van der Waals surface area contributed by atoms with Crippen LogP contribution in [0.3, 0.4) is 0 Å². The van der Waals surface area contributed by atoms with Crippen LogP contribution in [0.4, 0.5) is 11.5 Å². The van der Waals surface area contributed by atoms with E-state index in [1.165, 1.54) is 0 Å². The van der Waals surface area contributed by atoms with E-state index in [4.69, 9.17) is 26.8 Å². The van der Waals surface area contributed by atoms with Crippen LogP contribution in [0.25, 0.3) is 10.9 Å². The molecule has 2 aromatic carbocycles. The van der Waals surface area contributed by atoms with E-state index in [0.29, 0.717) is 22.6 Å². The number of nitrogen functional groups attached to an aromatic ring is 2. The van der Waals surface area contributed by atoms with Crippen molar-refractivity contribution in [2.45, 2.75) is 59.8 Å². The molecule has 0 atom stereocenters. The number of nitrogens with zero attached hydrogens (tertiary/aromatic N) is 4. The Labute approximate surface area is 392 Å². The van der Waals surface area contributed by atoms with Gasteiger partial charge in [0.05, 0.1) is 22.7 Å². The predicted octanol–water partition coefficient (Wildman–Crippen LogP) is -0.211. The Bertz CT molecular complexity index is 1450. The van der Waals surface area contributed by atoms with Gasteiger partial charge in [-0.1, -0.05) is 55.8 Å². The molecule has 12 nitrogen and oxygen atoms in total. The van der Waals surface area contributed by atoms with Crippen molar-refractivity contribution in [3.8, 4) is 6.07 Å². The number of aromatic nitrogens is 1. The van der Waals surface area contributed by atoms with E-state index in [2.05, 4.69) is 55.6 Å². The van der Waals surface area contributed by atoms with Crippen molar-refractivity contribution >= 4 is 78.8 Å². The first-order chi connectivity index (χ1) is 22.5. The molecule has 4 N–H and O–H groups in total. The first-order valence-electron chi connectivity index (χ1n) is 15.0. The molecule has 1 aromatic heterocycles. The summed E-state index contributed by atoms with van der Waals surface area (Å²) in [5.74, 6) is 0.213. The van der Waals surface area contributed by atoms with Gasteiger partial charge >= 0.3 is 103 Å². The Morgan fingerprint density at radius 3 is 1.84 bits per heavy atom. The van der Waals surface area contributed by atoms with Gasteiger partial charge in [0.2, 0.25) is 5.91 Å². The number of fused-ring (bicyclic) bond motifs is 1. The molecule has 0 spiro atoms. The zero-order valence-corrected chi connectivity index (χ0v) is 38.6. The Hall–Kier alpha value is -0.787. The van der Waals surface area contributed by atoms with Gasteiger partial charge in [-0.3, -0.25) is 19.2 Å². The summed E-state index contributed by atoms with van der Waals surface area (Å²) in [4.78, 5) is 53.5. The van der Waals surface area contributed by atoms with E-state index in [9.17, 15) is 14.4 Å². The number of amides is 2. The molecule has 0 radical (unpaired) electrons. The average Bonchev–Trinajstić information content (AvgIpc) is 3.05. The van der Waals surface area contributed by atoms with Gasteiger partial charge in [-0.15, -0.1) is 0 Å². The van der Waals surface area contributed by atoms with E-state index < -0.39 is 0 Å². The van der Waals surface area contributed by atoms with Crippen LogP contribution in [0.2, 0.25) is 0 Å². The molecule has 16 heteroatoms. The van der Waals surface area contributed by atoms with Gasteiger partial charge in [0.1, 0.15) is 12.2 Å². The summed E-state index contributed by atoms with van der Waals surface area (Å²) >= 11 is 6.69. The number of nitriles is 1. The molecule has 0 saturated heterocycles. The molecule has 0 unspecified atom stereocenters. The standard InChI is InChI=1S/C16H20BrN3O.C9H16N2O.C7H6BrNO.CH2O3.2K.H/c1-3-8-20(9-4-2)16(21)12-10-11-13(17)6-5-7-14(11)19-15(12)18;1-3-7-11(8-4-2)9(12)5-6-10;8-6-2-1-3-7(9)5(6)4-10;2-1-4-3;;;/h5-7,10H,3-4,8-9H2,1-2H3,(H2,18,19);3-5,7-8H2,1-2H3;1-4H,9H2;1,3H;;;/q;;;;2*+1;-1/p-1. The quantitative estimate of drug-likeness (QED) is 0.0810. The zero-order chi connectivity index (χ0) is 35.8. The van der Waals surface area contributed by atoms with Crippen LogP contribution in [0.1, 0.15) is 81.9 Å². The van der Waals surface area contributed by atoms with Gasteiger partial charge < -0.3 is 32.8 Å². The van der Waals surface area contributed by atoms with Crippen LogP contribution in [-0.2, 0) is 14.5 Å². The van der Waals surface area contributed by atoms with Gasteiger partial charge in [-0.25, -0.2) is 4.98 Å². The molecule has 49 heavy (non-hydrogen) atoms. The minimum absolute atomic E-state index is 0. The summed E-state index contributed by atoms with van der Waals surface area (Å²) in [6.07, 6.45) is 4.51. The summed E-state index contributed by atoms with van der Waals surface area (Å²) in [7, 11) is 0. The Kier molecular flexibility index (Phi) is 34.2. The van der Waals surface area contributed by atoms with E-state index >= 15 is 0 Å². The Morgan fingerprint density at radius 2 is 1.41 bits per heavy atom. The number of hydrogen-bond acceptors (Lipinski definition) is 10. The number of benzene rings is 2. The molecule has 2 amide bonds. The minimum Gasteiger partial charge on any atom is -1.00 e. The number of nitrogens with two attached hydrogens (primary N) is 2. The van der Waals surface area contributed by atoms with Crippen molar-refractivity contribution in [3.05, 3.63) is 62.5 Å². The maximum Gasteiger partial charge on any atom is 1.00 e. The first-order valence-corrected chi connectivity index (χ1v) is 16.6. The maximum atomic E-state index is 12.7. The van der Waals surface area contributed by atoms with Gasteiger partial charge in [0.15, 0.2) is 6.29 Å². The van der Waals surface area contributed by atoms with Crippen molar-refractivity contribution in [2.24, 2.45) is 0 Å². The summed E-state index contributed by atoms with van der Waals surface area (Å²) in [6.45, 7) is 11.0. The number of anilines is 2. The van der Waals surface area contributed by atoms with Crippen molar-refractivity contribution in [1.29, 1.82) is 5.26 Å². The number of rotatable bonds is 12. The van der Waals surface area contributed by atoms with Gasteiger partial charge in [0.25, 0.3) is 12.4 Å². The molecule has 3 rings (SSSR count). The van der Waals surface area contributed by atoms with Crippen LogP contribution in [-0.4, -0.2) is 65.5 Å². The van der Waals surface area contributed by atoms with E-state index in [1.54, 1.807) is 23.1 Å². The fourth-order valence-electron chi connectivity index (χ4n) is 4.13. The van der Waals surface area contributed by atoms with Crippen molar-refractivity contribution in [2.75, 3.05) is 37.6 Å². The summed E-state index contributed by atoms with van der Waals surface area (Å²) < 4.78 is 1.65. The normalized spacial score (nSPS) is 9.18. The van der Waals surface area contributed by atoms with Crippen LogP contribution in [0.15, 0.2) is 51.4 Å². The molecule has 0 aliphatic rings. The molecule has 0 aliphatic heterocycles. The SMILES string of the molecule is CCCN(CCC)C(=O)CC#N.CCCN(CCC)C(=O)c1cc2c(Br)cccc2nc1N.Nc1cccc(Br)c1C=O.O=CO[O-].[H-].[K+].[K+]. The molecule has 0 saturated carbocycles. The van der Waals surface area contributed by atoms with Gasteiger partial charge in [-0.2, -0.15) is 5.26 Å². The monoisotopic (exact) mass is 856 g/mol. The molecule has 3 aromatic rings. The second-order valence-corrected chi connectivity index (χ2v) is 11.5. The van der Waals surface area contributed by atoms with Gasteiger partial charge in [0, 0.05) is 46.2 Å². The minimum atomic E-state index is -0.181. The summed E-state index contributed by atoms with van der Waals surface area (Å²) in [6, 6.07) is 14.7. The number of hydrogen-bond donors (Lipinski definition) is 2. The number of carbonyl (C=O) groups excluding carboxylic acids is 4. The second-order valence-electron chi connectivity index (χ2n) is 9.79. The molecule has 1 heterocycles. The van der Waals surface area contributed by atoms with Crippen LogP contribution in [0.5, 0.6) is 0 Å². The van der Waals surface area contributed by atoms with Crippen molar-refractivity contribution in [3.63, 3.8) is 0 Å². The fraction of sp³-hybridized carbons (Fsp3) is 0.394. The van der Waals surface area contributed by atoms with E-state index in [-0.39, 0.29) is 129 Å². The average molecular weight is 859 g/mol. The fourth-order valence-corrected chi connectivity index (χ4v) is 5.07. The third kappa shape index (κ3) is 20.1. The smallest absolute Gasteiger partial charge is 1.00 e. The number of halogens is 2. The van der Waals surface area contributed by atoms with Gasteiger partial charge in [-0.05, 0) is 71.9 Å². The van der Waals surface area contributed by atoms with Crippen LogP contribution < -0.4 is 119 Å². The van der Waals surface area contributed by atoms with Crippen LogP contribution >= 0.6 is 31.9 Å². The molecule has 258 valence electrons. The van der Waals surface area contributed by atoms with E-state index in [0.717, 1.165) is 78.0 Å². The maximum absolute atomic E-state index is 12.7. The van der Waals surface area contributed by atoms with Crippen molar-refractivity contribution in [1.82, 2.24) is 14.8 Å². The third-order valence-corrected chi connectivity index (χ3v) is 7.54. The largest absolute Gasteiger partial charge is 1.00 e. The van der Waals surface area contributed by atoms with Crippen molar-refractivity contribution < 1.29 is 134 Å². The summed E-state index contributed by atoms with van der Waals surface area (Å²) in [5.41, 5.74) is 13.8. The number of pyridine rings is 1. The number of carbonyl (C=O) groups is 4. The first kappa shape index (κ1) is 52.6. The predicted molar refractivity (Wildman–Crippen MR) is 190 cm³/mol. The Morgan fingerprint density at radius 1 is 0.918 bits per heavy atom. The molecular weight excluding hydrogens is 814 g/mol. The Balaban J connectivity index is -0.000000314. The zero-order valence-electron chi connectivity index (χ0n) is 30.2. The molecule has 0 aliphatic carbocycles. The molecular formula is C33H44Br2K2N6O6. The third-order valence-electron chi connectivity index (χ3n) is 6.15. The van der Waals surface area contributed by atoms with E-state index in [1.807, 2.05) is 49.1 Å².